The molecule has 13 aromatic carbocycles. The lowest BCUT2D eigenvalue weighted by Crippen LogP contribution is -1.98. The molecule has 0 aliphatic heterocycles. The molecule has 57 heavy (non-hydrogen) atoms. The topological polar surface area (TPSA) is 37.3 Å². The average Bonchev–Trinajstić information content (AvgIpc) is 3.25. The standard InChI is InChI=1S/C22H14.C17H10O2.C16H10/c1-2-6-16-10-20-14-22-12-18-8-4-3-7-17(18)11-21(22)13-19(20)9-15(16)5-1;18-17(19)14-9-7-12-5-4-10-2-1-3-11-6-8-13(14)16(12)15(10)11;1-3-11-7-9-13-5-2-6-14-10-8-12(4-1)15(11)16(13)14/h1-14H;1-9H,(H,18,19);1-10H. The molecular weight excluding hydrogens is 693 g/mol. The second-order valence-corrected chi connectivity index (χ2v) is 15.0. The molecule has 0 spiro atoms. The van der Waals surface area contributed by atoms with Gasteiger partial charge in [0.1, 0.15) is 0 Å². The first-order valence-corrected chi connectivity index (χ1v) is 19.3. The van der Waals surface area contributed by atoms with Crippen LogP contribution in [0.1, 0.15) is 10.4 Å². The first-order chi connectivity index (χ1) is 28.1. The Hall–Kier alpha value is -7.55. The summed E-state index contributed by atoms with van der Waals surface area (Å²) in [5.41, 5.74) is 0.366. The molecule has 0 fully saturated rings. The van der Waals surface area contributed by atoms with Crippen molar-refractivity contribution in [3.05, 3.63) is 206 Å². The highest BCUT2D eigenvalue weighted by Gasteiger charge is 2.14. The summed E-state index contributed by atoms with van der Waals surface area (Å²) in [5.74, 6) is -0.877. The largest absolute Gasteiger partial charge is 0.478 e. The van der Waals surface area contributed by atoms with Gasteiger partial charge in [0.2, 0.25) is 0 Å². The maximum atomic E-state index is 11.3. The third-order valence-electron chi connectivity index (χ3n) is 11.7. The zero-order valence-electron chi connectivity index (χ0n) is 30.9. The van der Waals surface area contributed by atoms with E-state index in [2.05, 4.69) is 170 Å². The van der Waals surface area contributed by atoms with Gasteiger partial charge < -0.3 is 5.11 Å². The van der Waals surface area contributed by atoms with Gasteiger partial charge in [-0.25, -0.2) is 4.79 Å². The van der Waals surface area contributed by atoms with Crippen molar-refractivity contribution in [1.29, 1.82) is 0 Å². The van der Waals surface area contributed by atoms with Crippen LogP contribution in [-0.4, -0.2) is 11.1 Å². The van der Waals surface area contributed by atoms with E-state index in [1.807, 2.05) is 24.3 Å². The predicted octanol–water partition coefficient (Wildman–Crippen LogP) is 15.2. The van der Waals surface area contributed by atoms with Gasteiger partial charge in [0.05, 0.1) is 5.56 Å². The fourth-order valence-corrected chi connectivity index (χ4v) is 8.98. The van der Waals surface area contributed by atoms with Crippen molar-refractivity contribution >= 4 is 114 Å². The Kier molecular flexibility index (Phi) is 7.52. The van der Waals surface area contributed by atoms with Crippen molar-refractivity contribution in [2.45, 2.75) is 0 Å². The summed E-state index contributed by atoms with van der Waals surface area (Å²) in [5, 5.41) is 34.3. The van der Waals surface area contributed by atoms with E-state index < -0.39 is 5.97 Å². The van der Waals surface area contributed by atoms with Gasteiger partial charge >= 0.3 is 5.97 Å². The van der Waals surface area contributed by atoms with Crippen molar-refractivity contribution in [3.63, 3.8) is 0 Å². The summed E-state index contributed by atoms with van der Waals surface area (Å²) in [6.45, 7) is 0. The molecule has 266 valence electrons. The maximum Gasteiger partial charge on any atom is 0.336 e. The minimum Gasteiger partial charge on any atom is -0.478 e. The quantitative estimate of drug-likeness (QED) is 0.135. The van der Waals surface area contributed by atoms with E-state index in [0.717, 1.165) is 32.3 Å². The summed E-state index contributed by atoms with van der Waals surface area (Å²) in [7, 11) is 0. The predicted molar refractivity (Wildman–Crippen MR) is 244 cm³/mol. The molecule has 0 atom stereocenters. The zero-order valence-corrected chi connectivity index (χ0v) is 30.9. The molecule has 13 aromatic rings. The fourth-order valence-electron chi connectivity index (χ4n) is 8.98. The lowest BCUT2D eigenvalue weighted by molar-refractivity contribution is 0.0699. The molecule has 0 aromatic heterocycles. The molecule has 0 bridgehead atoms. The van der Waals surface area contributed by atoms with Gasteiger partial charge in [-0.15, -0.1) is 0 Å². The van der Waals surface area contributed by atoms with Gasteiger partial charge in [-0.05, 0) is 150 Å². The van der Waals surface area contributed by atoms with Crippen molar-refractivity contribution < 1.29 is 9.90 Å². The lowest BCUT2D eigenvalue weighted by Gasteiger charge is -2.11. The highest BCUT2D eigenvalue weighted by atomic mass is 16.4. The molecule has 0 aliphatic carbocycles. The molecule has 0 unspecified atom stereocenters. The minimum absolute atomic E-state index is 0.366. The molecule has 0 radical (unpaired) electrons. The first-order valence-electron chi connectivity index (χ1n) is 19.3. The molecular formula is C55H34O2. The van der Waals surface area contributed by atoms with Crippen molar-refractivity contribution in [2.75, 3.05) is 0 Å². The summed E-state index contributed by atoms with van der Waals surface area (Å²) >= 11 is 0. The van der Waals surface area contributed by atoms with Gasteiger partial charge in [0.25, 0.3) is 0 Å². The summed E-state index contributed by atoms with van der Waals surface area (Å²) in [6, 6.07) is 70.5. The Labute approximate surface area is 328 Å². The number of fused-ring (bicyclic) bond motifs is 4. The molecule has 0 saturated heterocycles. The van der Waals surface area contributed by atoms with E-state index in [-0.39, 0.29) is 0 Å². The van der Waals surface area contributed by atoms with E-state index in [4.69, 9.17) is 0 Å². The smallest absolute Gasteiger partial charge is 0.336 e. The van der Waals surface area contributed by atoms with Gasteiger partial charge in [-0.1, -0.05) is 158 Å². The van der Waals surface area contributed by atoms with E-state index in [1.54, 1.807) is 6.07 Å². The number of benzene rings is 13. The Bertz CT molecular complexity index is 3340. The van der Waals surface area contributed by atoms with E-state index in [0.29, 0.717) is 5.56 Å². The first kappa shape index (κ1) is 32.8. The minimum atomic E-state index is -0.877. The molecule has 2 heteroatoms. The maximum absolute atomic E-state index is 11.3. The molecule has 0 heterocycles. The number of hydrogen-bond donors (Lipinski definition) is 1. The molecule has 1 N–H and O–H groups in total. The number of carboxylic acids is 1. The monoisotopic (exact) mass is 726 g/mol. The Morgan fingerprint density at radius 2 is 0.526 bits per heavy atom. The van der Waals surface area contributed by atoms with Crippen LogP contribution in [0.15, 0.2) is 200 Å². The Morgan fingerprint density at radius 1 is 0.263 bits per heavy atom. The normalized spacial score (nSPS) is 11.6. The van der Waals surface area contributed by atoms with Crippen LogP contribution in [0.5, 0.6) is 0 Å². The number of hydrogen-bond acceptors (Lipinski definition) is 1. The van der Waals surface area contributed by atoms with Crippen LogP contribution in [0.2, 0.25) is 0 Å². The molecule has 13 rings (SSSR count). The molecule has 0 aliphatic rings. The van der Waals surface area contributed by atoms with Gasteiger partial charge in [0, 0.05) is 0 Å². The third-order valence-corrected chi connectivity index (χ3v) is 11.7. The number of aromatic carboxylic acids is 1. The zero-order chi connectivity index (χ0) is 38.0. The molecule has 2 nitrogen and oxygen atoms in total. The third kappa shape index (κ3) is 5.53. The average molecular weight is 727 g/mol. The second-order valence-electron chi connectivity index (χ2n) is 15.0. The SMILES string of the molecule is O=C(O)c1ccc2ccc3cccc4ccc1c2c34.c1cc2ccc3cccc4ccc(c1)c2c34.c1ccc2cc3cc4cc5ccccc5cc4cc3cc2c1. The van der Waals surface area contributed by atoms with Crippen LogP contribution in [0, 0.1) is 0 Å². The van der Waals surface area contributed by atoms with Gasteiger partial charge in [-0.2, -0.15) is 0 Å². The van der Waals surface area contributed by atoms with Gasteiger partial charge in [0.15, 0.2) is 0 Å². The molecule has 0 saturated carbocycles. The van der Waals surface area contributed by atoms with Gasteiger partial charge in [-0.3, -0.25) is 0 Å². The lowest BCUT2D eigenvalue weighted by atomic mass is 9.92. The van der Waals surface area contributed by atoms with E-state index in [1.165, 1.54) is 75.4 Å². The fraction of sp³-hybridized carbons (Fsp3) is 0. The number of rotatable bonds is 1. The van der Waals surface area contributed by atoms with Crippen molar-refractivity contribution in [2.24, 2.45) is 0 Å². The number of carbonyl (C=O) groups is 1. The van der Waals surface area contributed by atoms with Crippen LogP contribution in [0.25, 0.3) is 108 Å². The number of carboxylic acid groups (broad SMARTS) is 1. The van der Waals surface area contributed by atoms with E-state index in [9.17, 15) is 9.90 Å². The van der Waals surface area contributed by atoms with Crippen molar-refractivity contribution in [3.8, 4) is 0 Å². The Balaban J connectivity index is 0.0000000997. The molecule has 0 amide bonds. The van der Waals surface area contributed by atoms with Crippen molar-refractivity contribution in [1.82, 2.24) is 0 Å². The summed E-state index contributed by atoms with van der Waals surface area (Å²) in [4.78, 5) is 11.3. The van der Waals surface area contributed by atoms with Crippen LogP contribution in [-0.2, 0) is 0 Å². The highest BCUT2D eigenvalue weighted by molar-refractivity contribution is 6.26. The van der Waals surface area contributed by atoms with Crippen LogP contribution >= 0.6 is 0 Å². The second kappa shape index (κ2) is 13.0. The van der Waals surface area contributed by atoms with Crippen LogP contribution < -0.4 is 0 Å². The highest BCUT2D eigenvalue weighted by Crippen LogP contribution is 2.37. The van der Waals surface area contributed by atoms with Crippen LogP contribution in [0.3, 0.4) is 0 Å². The summed E-state index contributed by atoms with van der Waals surface area (Å²) in [6.07, 6.45) is 0. The van der Waals surface area contributed by atoms with E-state index >= 15 is 0 Å². The Morgan fingerprint density at radius 3 is 0.877 bits per heavy atom. The van der Waals surface area contributed by atoms with Crippen LogP contribution in [0.4, 0.5) is 0 Å². The summed E-state index contributed by atoms with van der Waals surface area (Å²) < 4.78 is 0.